The predicted octanol–water partition coefficient (Wildman–Crippen LogP) is 2.21. The molecule has 5 heteroatoms. The topological polar surface area (TPSA) is 49.2 Å². The Hall–Kier alpha value is -0.870. The van der Waals surface area contributed by atoms with Gasteiger partial charge in [0.1, 0.15) is 16.8 Å². The lowest BCUT2D eigenvalue weighted by atomic mass is 10.1. The normalized spacial score (nSPS) is 16.1. The van der Waals surface area contributed by atoms with E-state index < -0.39 is 5.60 Å². The Balaban J connectivity index is 2.19. The lowest BCUT2D eigenvalue weighted by Gasteiger charge is -2.26. The Labute approximate surface area is 107 Å². The molecule has 1 aliphatic carbocycles. The molecular formula is C12H18ClN3O. The van der Waals surface area contributed by atoms with Crippen molar-refractivity contribution >= 4 is 17.4 Å². The quantitative estimate of drug-likeness (QED) is 0.839. The largest absolute Gasteiger partial charge is 0.389 e. The molecule has 0 radical (unpaired) electrons. The van der Waals surface area contributed by atoms with Crippen LogP contribution in [0.2, 0.25) is 5.15 Å². The van der Waals surface area contributed by atoms with Gasteiger partial charge in [-0.2, -0.15) is 0 Å². The monoisotopic (exact) mass is 255 g/mol. The van der Waals surface area contributed by atoms with Crippen molar-refractivity contribution in [1.82, 2.24) is 9.97 Å². The van der Waals surface area contributed by atoms with Crippen LogP contribution in [0.1, 0.15) is 38.4 Å². The molecule has 1 aliphatic rings. The molecule has 0 unspecified atom stereocenters. The second-order valence-corrected chi connectivity index (χ2v) is 5.74. The van der Waals surface area contributed by atoms with Gasteiger partial charge in [-0.3, -0.25) is 0 Å². The Bertz CT molecular complexity index is 413. The standard InChI is InChI=1S/C12H18ClN3O/c1-12(2,17)7-16(3)10-6-9(13)14-11(15-10)8-4-5-8/h6,8,17H,4-5,7H2,1-3H3. The van der Waals surface area contributed by atoms with Crippen LogP contribution in [0.15, 0.2) is 6.07 Å². The van der Waals surface area contributed by atoms with Gasteiger partial charge in [0, 0.05) is 25.6 Å². The number of hydrogen-bond acceptors (Lipinski definition) is 4. The van der Waals surface area contributed by atoms with Crippen LogP contribution in [0.25, 0.3) is 0 Å². The second kappa shape index (κ2) is 4.42. The third-order valence-electron chi connectivity index (χ3n) is 2.66. The third-order valence-corrected chi connectivity index (χ3v) is 2.85. The van der Waals surface area contributed by atoms with E-state index in [9.17, 15) is 5.11 Å². The molecule has 1 aromatic rings. The van der Waals surface area contributed by atoms with Crippen molar-refractivity contribution in [3.05, 3.63) is 17.0 Å². The summed E-state index contributed by atoms with van der Waals surface area (Å²) < 4.78 is 0. The van der Waals surface area contributed by atoms with Gasteiger partial charge in [0.05, 0.1) is 5.60 Å². The van der Waals surface area contributed by atoms with Crippen molar-refractivity contribution in [1.29, 1.82) is 0 Å². The van der Waals surface area contributed by atoms with Crippen molar-refractivity contribution in [3.63, 3.8) is 0 Å². The smallest absolute Gasteiger partial charge is 0.135 e. The van der Waals surface area contributed by atoms with Crippen LogP contribution in [0.3, 0.4) is 0 Å². The number of halogens is 1. The van der Waals surface area contributed by atoms with E-state index in [1.165, 1.54) is 0 Å². The maximum atomic E-state index is 9.79. The summed E-state index contributed by atoms with van der Waals surface area (Å²) >= 11 is 6.00. The first-order chi connectivity index (χ1) is 7.85. The van der Waals surface area contributed by atoms with E-state index in [1.54, 1.807) is 19.9 Å². The van der Waals surface area contributed by atoms with Crippen LogP contribution in [-0.4, -0.2) is 34.3 Å². The number of anilines is 1. The Kier molecular flexibility index (Phi) is 3.27. The maximum Gasteiger partial charge on any atom is 0.135 e. The van der Waals surface area contributed by atoms with Gasteiger partial charge < -0.3 is 10.0 Å². The fraction of sp³-hybridized carbons (Fsp3) is 0.667. The first-order valence-electron chi connectivity index (χ1n) is 5.83. The van der Waals surface area contributed by atoms with Crippen LogP contribution >= 0.6 is 11.6 Å². The molecule has 0 atom stereocenters. The van der Waals surface area contributed by atoms with E-state index in [0.717, 1.165) is 24.5 Å². The van der Waals surface area contributed by atoms with Crippen molar-refractivity contribution in [2.75, 3.05) is 18.5 Å². The summed E-state index contributed by atoms with van der Waals surface area (Å²) in [7, 11) is 1.90. The highest BCUT2D eigenvalue weighted by Gasteiger charge is 2.28. The van der Waals surface area contributed by atoms with Crippen molar-refractivity contribution in [3.8, 4) is 0 Å². The molecular weight excluding hydrogens is 238 g/mol. The molecule has 0 aromatic carbocycles. The van der Waals surface area contributed by atoms with Gasteiger partial charge in [0.2, 0.25) is 0 Å². The van der Waals surface area contributed by atoms with Gasteiger partial charge in [0.15, 0.2) is 0 Å². The minimum Gasteiger partial charge on any atom is -0.389 e. The number of nitrogens with zero attached hydrogens (tertiary/aromatic N) is 3. The average Bonchev–Trinajstić information content (AvgIpc) is 2.96. The average molecular weight is 256 g/mol. The number of aromatic nitrogens is 2. The summed E-state index contributed by atoms with van der Waals surface area (Å²) in [5.41, 5.74) is -0.758. The number of likely N-dealkylation sites (N-methyl/N-ethyl adjacent to an activating group) is 1. The summed E-state index contributed by atoms with van der Waals surface area (Å²) in [6.45, 7) is 4.05. The lowest BCUT2D eigenvalue weighted by molar-refractivity contribution is 0.0884. The van der Waals surface area contributed by atoms with E-state index in [4.69, 9.17) is 11.6 Å². The third kappa shape index (κ3) is 3.54. The highest BCUT2D eigenvalue weighted by atomic mass is 35.5. The van der Waals surface area contributed by atoms with Crippen molar-refractivity contribution in [2.24, 2.45) is 0 Å². The van der Waals surface area contributed by atoms with Crippen LogP contribution in [0.5, 0.6) is 0 Å². The van der Waals surface area contributed by atoms with Crippen LogP contribution in [0, 0.1) is 0 Å². The fourth-order valence-corrected chi connectivity index (χ4v) is 1.99. The Morgan fingerprint density at radius 1 is 1.47 bits per heavy atom. The molecule has 0 aliphatic heterocycles. The molecule has 1 fully saturated rings. The molecule has 0 spiro atoms. The van der Waals surface area contributed by atoms with Crippen molar-refractivity contribution in [2.45, 2.75) is 38.2 Å². The van der Waals surface area contributed by atoms with Gasteiger partial charge in [0.25, 0.3) is 0 Å². The minimum absolute atomic E-state index is 0.472. The summed E-state index contributed by atoms with van der Waals surface area (Å²) in [5, 5.41) is 10.3. The summed E-state index contributed by atoms with van der Waals surface area (Å²) in [5.74, 6) is 2.08. The molecule has 1 aromatic heterocycles. The van der Waals surface area contributed by atoms with Gasteiger partial charge in [-0.15, -0.1) is 0 Å². The second-order valence-electron chi connectivity index (χ2n) is 5.35. The first-order valence-corrected chi connectivity index (χ1v) is 6.21. The molecule has 0 bridgehead atoms. The number of hydrogen-bond donors (Lipinski definition) is 1. The molecule has 0 saturated heterocycles. The lowest BCUT2D eigenvalue weighted by Crippen LogP contribution is -2.36. The molecule has 0 amide bonds. The maximum absolute atomic E-state index is 9.79. The predicted molar refractivity (Wildman–Crippen MR) is 68.6 cm³/mol. The highest BCUT2D eigenvalue weighted by molar-refractivity contribution is 6.29. The molecule has 2 rings (SSSR count). The van der Waals surface area contributed by atoms with Crippen LogP contribution in [-0.2, 0) is 0 Å². The summed E-state index contributed by atoms with van der Waals surface area (Å²) in [6, 6.07) is 1.74. The van der Waals surface area contributed by atoms with E-state index in [2.05, 4.69) is 9.97 Å². The van der Waals surface area contributed by atoms with Gasteiger partial charge in [-0.1, -0.05) is 11.6 Å². The van der Waals surface area contributed by atoms with Gasteiger partial charge >= 0.3 is 0 Å². The van der Waals surface area contributed by atoms with E-state index in [1.807, 2.05) is 11.9 Å². The SMILES string of the molecule is CN(CC(C)(C)O)c1cc(Cl)nc(C2CC2)n1. The molecule has 1 heterocycles. The van der Waals surface area contributed by atoms with Gasteiger partial charge in [-0.25, -0.2) is 9.97 Å². The zero-order valence-electron chi connectivity index (χ0n) is 10.4. The Morgan fingerprint density at radius 3 is 2.65 bits per heavy atom. The first kappa shape index (κ1) is 12.6. The van der Waals surface area contributed by atoms with Gasteiger partial charge in [-0.05, 0) is 26.7 Å². The van der Waals surface area contributed by atoms with Crippen LogP contribution < -0.4 is 4.90 Å². The highest BCUT2D eigenvalue weighted by Crippen LogP contribution is 2.39. The Morgan fingerprint density at radius 2 is 2.12 bits per heavy atom. The van der Waals surface area contributed by atoms with Crippen LogP contribution in [0.4, 0.5) is 5.82 Å². The zero-order chi connectivity index (χ0) is 12.6. The molecule has 1 saturated carbocycles. The molecule has 4 nitrogen and oxygen atoms in total. The molecule has 17 heavy (non-hydrogen) atoms. The molecule has 94 valence electrons. The van der Waals surface area contributed by atoms with E-state index in [-0.39, 0.29) is 0 Å². The zero-order valence-corrected chi connectivity index (χ0v) is 11.2. The van der Waals surface area contributed by atoms with E-state index in [0.29, 0.717) is 17.6 Å². The summed E-state index contributed by atoms with van der Waals surface area (Å²) in [4.78, 5) is 10.6. The minimum atomic E-state index is -0.758. The number of aliphatic hydroxyl groups is 1. The fourth-order valence-electron chi connectivity index (χ4n) is 1.80. The molecule has 1 N–H and O–H groups in total. The van der Waals surface area contributed by atoms with Crippen molar-refractivity contribution < 1.29 is 5.11 Å². The summed E-state index contributed by atoms with van der Waals surface area (Å²) in [6.07, 6.45) is 2.30. The number of rotatable bonds is 4. The van der Waals surface area contributed by atoms with E-state index >= 15 is 0 Å².